The van der Waals surface area contributed by atoms with Crippen LogP contribution >= 0.6 is 0 Å². The summed E-state index contributed by atoms with van der Waals surface area (Å²) in [7, 11) is 0. The summed E-state index contributed by atoms with van der Waals surface area (Å²) in [5, 5.41) is 9.88. The van der Waals surface area contributed by atoms with Gasteiger partial charge in [-0.2, -0.15) is 0 Å². The molecule has 1 aromatic rings. The van der Waals surface area contributed by atoms with E-state index in [0.717, 1.165) is 12.0 Å². The number of hydrogen-bond donors (Lipinski definition) is 1. The maximum absolute atomic E-state index is 9.88. The third-order valence-corrected chi connectivity index (χ3v) is 2.71. The molecule has 1 N–H and O–H groups in total. The van der Waals surface area contributed by atoms with E-state index in [4.69, 9.17) is 0 Å². The van der Waals surface area contributed by atoms with Crippen LogP contribution in [0, 0.1) is 0 Å². The highest BCUT2D eigenvalue weighted by Gasteiger charge is 2.02. The van der Waals surface area contributed by atoms with Crippen LogP contribution in [0.25, 0.3) is 0 Å². The smallest absolute Gasteiger partial charge is 0.0830 e. The average molecular weight is 230 g/mol. The number of aliphatic hydroxyl groups is 1. The Kier molecular flexibility index (Phi) is 7.13. The van der Waals surface area contributed by atoms with Crippen LogP contribution in [0.15, 0.2) is 48.2 Å². The van der Waals surface area contributed by atoms with Crippen molar-refractivity contribution in [2.24, 2.45) is 0 Å². The van der Waals surface area contributed by atoms with Gasteiger partial charge in [0.15, 0.2) is 0 Å². The molecule has 1 rings (SSSR count). The van der Waals surface area contributed by atoms with Crippen molar-refractivity contribution in [3.63, 3.8) is 0 Å². The third-order valence-electron chi connectivity index (χ3n) is 2.71. The molecule has 17 heavy (non-hydrogen) atoms. The first kappa shape index (κ1) is 13.8. The van der Waals surface area contributed by atoms with Gasteiger partial charge in [-0.1, -0.05) is 50.1 Å². The molecule has 0 amide bonds. The summed E-state index contributed by atoms with van der Waals surface area (Å²) < 4.78 is 0. The highest BCUT2D eigenvalue weighted by Crippen LogP contribution is 2.15. The Morgan fingerprint density at radius 2 is 1.94 bits per heavy atom. The van der Waals surface area contributed by atoms with Gasteiger partial charge < -0.3 is 5.11 Å². The molecule has 0 saturated heterocycles. The molecule has 0 spiro atoms. The van der Waals surface area contributed by atoms with Crippen LogP contribution in [0.1, 0.15) is 50.7 Å². The van der Waals surface area contributed by atoms with Crippen molar-refractivity contribution >= 4 is 0 Å². The van der Waals surface area contributed by atoms with Crippen molar-refractivity contribution in [1.29, 1.82) is 0 Å². The standard InChI is InChI=1S/C16H22O/c1-2-3-4-5-6-7-11-14-16(17)15-12-9-8-10-13-15/h6,8-13,16-17H,2-5,14H2,1H3. The zero-order valence-corrected chi connectivity index (χ0v) is 10.6. The third kappa shape index (κ3) is 6.11. The van der Waals surface area contributed by atoms with Gasteiger partial charge >= 0.3 is 0 Å². The van der Waals surface area contributed by atoms with Crippen molar-refractivity contribution in [2.45, 2.75) is 45.1 Å². The van der Waals surface area contributed by atoms with E-state index in [1.807, 2.05) is 36.4 Å². The fraction of sp³-hybridized carbons (Fsp3) is 0.438. The van der Waals surface area contributed by atoms with Gasteiger partial charge in [-0.3, -0.25) is 0 Å². The lowest BCUT2D eigenvalue weighted by molar-refractivity contribution is 0.181. The van der Waals surface area contributed by atoms with Gasteiger partial charge in [0, 0.05) is 6.42 Å². The highest BCUT2D eigenvalue weighted by atomic mass is 16.3. The van der Waals surface area contributed by atoms with Gasteiger partial charge in [0.25, 0.3) is 0 Å². The molecular weight excluding hydrogens is 208 g/mol. The second-order valence-corrected chi connectivity index (χ2v) is 4.23. The molecule has 1 heteroatoms. The lowest BCUT2D eigenvalue weighted by Gasteiger charge is -2.06. The number of hydrogen-bond acceptors (Lipinski definition) is 1. The Hall–Kier alpha value is -1.30. The maximum Gasteiger partial charge on any atom is 0.0830 e. The van der Waals surface area contributed by atoms with Crippen molar-refractivity contribution in [3.8, 4) is 0 Å². The van der Waals surface area contributed by atoms with E-state index < -0.39 is 6.10 Å². The minimum Gasteiger partial charge on any atom is -0.388 e. The molecule has 0 heterocycles. The van der Waals surface area contributed by atoms with E-state index in [9.17, 15) is 5.11 Å². The lowest BCUT2D eigenvalue weighted by Crippen LogP contribution is -1.94. The zero-order valence-electron chi connectivity index (χ0n) is 10.6. The van der Waals surface area contributed by atoms with Crippen LogP contribution < -0.4 is 0 Å². The quantitative estimate of drug-likeness (QED) is 0.543. The minimum atomic E-state index is -0.409. The van der Waals surface area contributed by atoms with Gasteiger partial charge in [0.2, 0.25) is 0 Å². The van der Waals surface area contributed by atoms with Crippen LogP contribution in [-0.4, -0.2) is 5.11 Å². The van der Waals surface area contributed by atoms with Crippen LogP contribution in [0.2, 0.25) is 0 Å². The first-order valence-electron chi connectivity index (χ1n) is 6.47. The normalized spacial score (nSPS) is 11.6. The van der Waals surface area contributed by atoms with E-state index in [1.54, 1.807) is 0 Å². The molecule has 1 unspecified atom stereocenters. The average Bonchev–Trinajstić information content (AvgIpc) is 2.38. The Morgan fingerprint density at radius 3 is 2.65 bits per heavy atom. The Labute approximate surface area is 104 Å². The van der Waals surface area contributed by atoms with E-state index in [1.165, 1.54) is 19.3 Å². The van der Waals surface area contributed by atoms with E-state index in [-0.39, 0.29) is 0 Å². The van der Waals surface area contributed by atoms with Gasteiger partial charge in [-0.25, -0.2) is 0 Å². The molecular formula is C16H22O. The van der Waals surface area contributed by atoms with E-state index in [0.29, 0.717) is 6.42 Å². The molecule has 0 aliphatic carbocycles. The lowest BCUT2D eigenvalue weighted by atomic mass is 10.1. The summed E-state index contributed by atoms with van der Waals surface area (Å²) >= 11 is 0. The molecule has 0 saturated carbocycles. The van der Waals surface area contributed by atoms with Crippen molar-refractivity contribution in [1.82, 2.24) is 0 Å². The van der Waals surface area contributed by atoms with Crippen molar-refractivity contribution < 1.29 is 5.11 Å². The second kappa shape index (κ2) is 8.81. The minimum absolute atomic E-state index is 0.409. The SMILES string of the molecule is CCCCCC=C=CCC(O)c1ccccc1. The summed E-state index contributed by atoms with van der Waals surface area (Å²) in [6.07, 6.45) is 9.07. The molecule has 1 atom stereocenters. The molecule has 92 valence electrons. The van der Waals surface area contributed by atoms with Crippen LogP contribution in [0.3, 0.4) is 0 Å². The molecule has 0 radical (unpaired) electrons. The predicted octanol–water partition coefficient (Wildman–Crippen LogP) is 4.40. The summed E-state index contributed by atoms with van der Waals surface area (Å²) in [5.41, 5.74) is 4.10. The molecule has 1 aromatic carbocycles. The molecule has 0 bridgehead atoms. The Bertz CT molecular complexity index is 347. The first-order chi connectivity index (χ1) is 8.34. The molecule has 0 aliphatic rings. The van der Waals surface area contributed by atoms with E-state index >= 15 is 0 Å². The van der Waals surface area contributed by atoms with Gasteiger partial charge in [-0.15, -0.1) is 5.73 Å². The second-order valence-electron chi connectivity index (χ2n) is 4.23. The van der Waals surface area contributed by atoms with Crippen LogP contribution in [-0.2, 0) is 0 Å². The fourth-order valence-electron chi connectivity index (χ4n) is 1.65. The van der Waals surface area contributed by atoms with Crippen LogP contribution in [0.5, 0.6) is 0 Å². The molecule has 1 nitrogen and oxygen atoms in total. The first-order valence-corrected chi connectivity index (χ1v) is 6.47. The summed E-state index contributed by atoms with van der Waals surface area (Å²) in [6, 6.07) is 9.75. The summed E-state index contributed by atoms with van der Waals surface area (Å²) in [5.74, 6) is 0. The highest BCUT2D eigenvalue weighted by molar-refractivity contribution is 5.17. The van der Waals surface area contributed by atoms with Crippen molar-refractivity contribution in [3.05, 3.63) is 53.8 Å². The Balaban J connectivity index is 2.28. The number of unbranched alkanes of at least 4 members (excludes halogenated alkanes) is 3. The van der Waals surface area contributed by atoms with Gasteiger partial charge in [0.1, 0.15) is 0 Å². The fourth-order valence-corrected chi connectivity index (χ4v) is 1.65. The van der Waals surface area contributed by atoms with E-state index in [2.05, 4.69) is 18.7 Å². The summed E-state index contributed by atoms with van der Waals surface area (Å²) in [4.78, 5) is 0. The molecule has 0 fully saturated rings. The number of benzene rings is 1. The largest absolute Gasteiger partial charge is 0.388 e. The van der Waals surface area contributed by atoms with Gasteiger partial charge in [-0.05, 0) is 30.6 Å². The zero-order chi connectivity index (χ0) is 12.3. The Morgan fingerprint density at radius 1 is 1.18 bits per heavy atom. The number of aliphatic hydroxyl groups excluding tert-OH is 1. The summed E-state index contributed by atoms with van der Waals surface area (Å²) in [6.45, 7) is 2.20. The maximum atomic E-state index is 9.88. The van der Waals surface area contributed by atoms with Crippen LogP contribution in [0.4, 0.5) is 0 Å². The molecule has 0 aliphatic heterocycles. The monoisotopic (exact) mass is 230 g/mol. The predicted molar refractivity (Wildman–Crippen MR) is 72.8 cm³/mol. The van der Waals surface area contributed by atoms with Crippen molar-refractivity contribution in [2.75, 3.05) is 0 Å². The topological polar surface area (TPSA) is 20.2 Å². The van der Waals surface area contributed by atoms with Gasteiger partial charge in [0.05, 0.1) is 6.10 Å². The molecule has 0 aromatic heterocycles. The number of rotatable bonds is 7.